The number of halogens is 1. The Labute approximate surface area is 174 Å². The molecule has 0 unspecified atom stereocenters. The second-order valence-electron chi connectivity index (χ2n) is 7.81. The number of aryl methyl sites for hydroxylation is 3. The summed E-state index contributed by atoms with van der Waals surface area (Å²) in [6.07, 6.45) is 2.78. The van der Waals surface area contributed by atoms with Gasteiger partial charge in [0.15, 0.2) is 5.82 Å². The van der Waals surface area contributed by atoms with Crippen LogP contribution in [0.15, 0.2) is 54.7 Å². The van der Waals surface area contributed by atoms with Crippen molar-refractivity contribution >= 4 is 0 Å². The van der Waals surface area contributed by atoms with Crippen LogP contribution in [-0.2, 0) is 6.54 Å². The summed E-state index contributed by atoms with van der Waals surface area (Å²) >= 11 is 0. The Bertz CT molecular complexity index is 1160. The van der Waals surface area contributed by atoms with Crippen molar-refractivity contribution < 1.29 is 4.39 Å². The highest BCUT2D eigenvalue weighted by molar-refractivity contribution is 5.51. The monoisotopic (exact) mass is 402 g/mol. The zero-order valence-corrected chi connectivity index (χ0v) is 17.0. The maximum Gasteiger partial charge on any atom is 0.200 e. The van der Waals surface area contributed by atoms with Crippen molar-refractivity contribution in [1.82, 2.24) is 29.5 Å². The number of hydrogen-bond donors (Lipinski definition) is 0. The Morgan fingerprint density at radius 3 is 2.53 bits per heavy atom. The van der Waals surface area contributed by atoms with Gasteiger partial charge in [-0.05, 0) is 49.9 Å². The molecule has 1 fully saturated rings. The van der Waals surface area contributed by atoms with Gasteiger partial charge >= 0.3 is 0 Å². The zero-order chi connectivity index (χ0) is 20.7. The number of hydrogen-bond acceptors (Lipinski definition) is 4. The van der Waals surface area contributed by atoms with Crippen molar-refractivity contribution in [3.8, 4) is 17.2 Å². The van der Waals surface area contributed by atoms with E-state index in [1.807, 2.05) is 42.8 Å². The minimum absolute atomic E-state index is 0.212. The quantitative estimate of drug-likeness (QED) is 0.480. The molecule has 5 rings (SSSR count). The highest BCUT2D eigenvalue weighted by Gasteiger charge is 2.43. The summed E-state index contributed by atoms with van der Waals surface area (Å²) in [4.78, 5) is 9.32. The van der Waals surface area contributed by atoms with E-state index in [9.17, 15) is 4.39 Å². The first kappa shape index (κ1) is 18.7. The van der Waals surface area contributed by atoms with Crippen LogP contribution in [0, 0.1) is 13.8 Å². The SMILES string of the molecule is Cc1cc(C)n(-c2ccc(-c3nc([C@@H]4C[C@H]4c4ccccc4)n(CCF)n3)nc2)n1. The average molecular weight is 402 g/mol. The molecular weight excluding hydrogens is 379 g/mol. The van der Waals surface area contributed by atoms with E-state index in [2.05, 4.69) is 39.4 Å². The first-order valence-corrected chi connectivity index (χ1v) is 10.2. The summed E-state index contributed by atoms with van der Waals surface area (Å²) < 4.78 is 16.7. The molecule has 0 bridgehead atoms. The van der Waals surface area contributed by atoms with E-state index in [-0.39, 0.29) is 12.5 Å². The van der Waals surface area contributed by atoms with Crippen LogP contribution in [-0.4, -0.2) is 36.2 Å². The molecule has 152 valence electrons. The van der Waals surface area contributed by atoms with Gasteiger partial charge in [0, 0.05) is 11.6 Å². The maximum absolute atomic E-state index is 13.1. The van der Waals surface area contributed by atoms with Crippen LogP contribution in [0.4, 0.5) is 4.39 Å². The molecule has 0 aliphatic heterocycles. The molecule has 30 heavy (non-hydrogen) atoms. The Kier molecular flexibility index (Phi) is 4.65. The smallest absolute Gasteiger partial charge is 0.200 e. The van der Waals surface area contributed by atoms with Gasteiger partial charge in [-0.25, -0.2) is 18.7 Å². The molecule has 0 N–H and O–H groups in total. The first-order chi connectivity index (χ1) is 14.6. The topological polar surface area (TPSA) is 61.4 Å². The van der Waals surface area contributed by atoms with Gasteiger partial charge in [-0.15, -0.1) is 5.10 Å². The molecule has 3 heterocycles. The molecule has 3 aromatic heterocycles. The highest BCUT2D eigenvalue weighted by atomic mass is 19.1. The number of rotatable bonds is 6. The molecule has 1 aliphatic carbocycles. The predicted molar refractivity (Wildman–Crippen MR) is 112 cm³/mol. The lowest BCUT2D eigenvalue weighted by atomic mass is 10.1. The standard InChI is InChI=1S/C23H23FN6/c1-15-12-16(2)30(27-15)18-8-9-21(25-14-18)22-26-23(29(28-22)11-10-24)20-13-19(20)17-6-4-3-5-7-17/h3-9,12,14,19-20H,10-11,13H2,1-2H3/t19-,20+/m0/s1. The van der Waals surface area contributed by atoms with Crippen molar-refractivity contribution in [1.29, 1.82) is 0 Å². The molecule has 7 heteroatoms. The minimum atomic E-state index is -0.469. The number of aromatic nitrogens is 6. The summed E-state index contributed by atoms with van der Waals surface area (Å²) in [6, 6.07) is 16.3. The van der Waals surface area contributed by atoms with Crippen LogP contribution in [0.5, 0.6) is 0 Å². The second kappa shape index (κ2) is 7.48. The van der Waals surface area contributed by atoms with E-state index in [4.69, 9.17) is 4.98 Å². The second-order valence-corrected chi connectivity index (χ2v) is 7.81. The zero-order valence-electron chi connectivity index (χ0n) is 17.0. The van der Waals surface area contributed by atoms with Gasteiger partial charge in [0.25, 0.3) is 0 Å². The van der Waals surface area contributed by atoms with Gasteiger partial charge in [0.1, 0.15) is 18.2 Å². The molecule has 4 aromatic rings. The summed E-state index contributed by atoms with van der Waals surface area (Å²) in [5, 5.41) is 9.06. The predicted octanol–water partition coefficient (Wildman–Crippen LogP) is 4.38. The summed E-state index contributed by atoms with van der Waals surface area (Å²) in [5.41, 5.74) is 4.88. The fourth-order valence-corrected chi connectivity index (χ4v) is 4.06. The molecule has 1 aliphatic rings. The van der Waals surface area contributed by atoms with Crippen molar-refractivity contribution in [2.45, 2.75) is 38.6 Å². The Morgan fingerprint density at radius 1 is 1.03 bits per heavy atom. The number of alkyl halides is 1. The molecule has 1 saturated carbocycles. The Balaban J connectivity index is 1.43. The largest absolute Gasteiger partial charge is 0.251 e. The van der Waals surface area contributed by atoms with Crippen molar-refractivity contribution in [3.63, 3.8) is 0 Å². The van der Waals surface area contributed by atoms with Gasteiger partial charge < -0.3 is 0 Å². The molecule has 1 aromatic carbocycles. The lowest BCUT2D eigenvalue weighted by Crippen LogP contribution is -2.06. The van der Waals surface area contributed by atoms with Gasteiger partial charge in [0.05, 0.1) is 24.1 Å². The summed E-state index contributed by atoms with van der Waals surface area (Å²) in [7, 11) is 0. The maximum atomic E-state index is 13.1. The molecule has 0 spiro atoms. The van der Waals surface area contributed by atoms with Gasteiger partial charge in [-0.2, -0.15) is 5.10 Å². The van der Waals surface area contributed by atoms with E-state index in [1.54, 1.807) is 10.9 Å². The van der Waals surface area contributed by atoms with Crippen LogP contribution in [0.3, 0.4) is 0 Å². The average Bonchev–Trinajstić information content (AvgIpc) is 3.33. The molecule has 0 radical (unpaired) electrons. The van der Waals surface area contributed by atoms with Gasteiger partial charge in [-0.3, -0.25) is 4.98 Å². The van der Waals surface area contributed by atoms with Gasteiger partial charge in [0.2, 0.25) is 0 Å². The highest BCUT2D eigenvalue weighted by Crippen LogP contribution is 2.54. The third-order valence-corrected chi connectivity index (χ3v) is 5.58. The van der Waals surface area contributed by atoms with Crippen LogP contribution in [0.25, 0.3) is 17.2 Å². The number of pyridine rings is 1. The first-order valence-electron chi connectivity index (χ1n) is 10.2. The lowest BCUT2D eigenvalue weighted by Gasteiger charge is -2.04. The van der Waals surface area contributed by atoms with E-state index in [1.165, 1.54) is 5.56 Å². The fourth-order valence-electron chi connectivity index (χ4n) is 4.06. The van der Waals surface area contributed by atoms with Crippen LogP contribution >= 0.6 is 0 Å². The normalized spacial score (nSPS) is 18.0. The van der Waals surface area contributed by atoms with E-state index < -0.39 is 6.67 Å². The Hall–Kier alpha value is -3.35. The molecule has 0 saturated heterocycles. The minimum Gasteiger partial charge on any atom is -0.251 e. The van der Waals surface area contributed by atoms with Crippen molar-refractivity contribution in [2.24, 2.45) is 0 Å². The van der Waals surface area contributed by atoms with E-state index >= 15 is 0 Å². The van der Waals surface area contributed by atoms with E-state index in [0.717, 1.165) is 29.3 Å². The van der Waals surface area contributed by atoms with Crippen LogP contribution in [0.1, 0.15) is 41.0 Å². The van der Waals surface area contributed by atoms with Crippen LogP contribution < -0.4 is 0 Å². The molecular formula is C23H23FN6. The summed E-state index contributed by atoms with van der Waals surface area (Å²) in [6.45, 7) is 3.72. The van der Waals surface area contributed by atoms with E-state index in [0.29, 0.717) is 17.4 Å². The number of benzene rings is 1. The molecule has 6 nitrogen and oxygen atoms in total. The molecule has 0 amide bonds. The third-order valence-electron chi connectivity index (χ3n) is 5.58. The summed E-state index contributed by atoms with van der Waals surface area (Å²) in [5.74, 6) is 2.08. The lowest BCUT2D eigenvalue weighted by molar-refractivity contribution is 0.419. The number of nitrogens with zero attached hydrogens (tertiary/aromatic N) is 6. The van der Waals surface area contributed by atoms with Crippen LogP contribution in [0.2, 0.25) is 0 Å². The molecule has 2 atom stereocenters. The van der Waals surface area contributed by atoms with Crippen molar-refractivity contribution in [2.75, 3.05) is 6.67 Å². The Morgan fingerprint density at radius 2 is 1.87 bits per heavy atom. The van der Waals surface area contributed by atoms with Gasteiger partial charge in [-0.1, -0.05) is 30.3 Å². The third kappa shape index (κ3) is 3.40. The fraction of sp³-hybridized carbons (Fsp3) is 0.304. The van der Waals surface area contributed by atoms with Crippen molar-refractivity contribution in [3.05, 3.63) is 77.5 Å².